The molecule has 2 fully saturated rings. The first-order valence-corrected chi connectivity index (χ1v) is 11.4. The molecule has 182 valence electrons. The minimum atomic E-state index is -0.813. The van der Waals surface area contributed by atoms with E-state index in [1.807, 2.05) is 12.1 Å². The molecule has 2 heterocycles. The van der Waals surface area contributed by atoms with Crippen LogP contribution in [0.15, 0.2) is 23.2 Å². The van der Waals surface area contributed by atoms with Crippen molar-refractivity contribution < 1.29 is 19.1 Å². The second-order valence-corrected chi connectivity index (χ2v) is 10.8. The fourth-order valence-corrected chi connectivity index (χ4v) is 4.22. The van der Waals surface area contributed by atoms with Crippen molar-refractivity contribution in [1.82, 2.24) is 10.2 Å². The van der Waals surface area contributed by atoms with Crippen molar-refractivity contribution in [3.63, 3.8) is 0 Å². The van der Waals surface area contributed by atoms with Crippen LogP contribution in [0.3, 0.4) is 0 Å². The molecule has 9 heteroatoms. The molecular weight excluding hydrogens is 422 g/mol. The van der Waals surface area contributed by atoms with Gasteiger partial charge in [0.25, 0.3) is 0 Å². The molecule has 3 rings (SSSR count). The predicted molar refractivity (Wildman–Crippen MR) is 130 cm³/mol. The van der Waals surface area contributed by atoms with Gasteiger partial charge in [-0.3, -0.25) is 10.2 Å². The zero-order valence-electron chi connectivity index (χ0n) is 21.0. The maximum atomic E-state index is 12.3. The van der Waals surface area contributed by atoms with E-state index in [1.165, 1.54) is 12.1 Å². The Labute approximate surface area is 196 Å². The minimum absolute atomic E-state index is 0.0625. The molecule has 0 radical (unpaired) electrons. The molecule has 2 aliphatic heterocycles. The Kier molecular flexibility index (Phi) is 6.93. The number of nitrogens with one attached hydrogen (secondary N) is 2. The molecule has 2 N–H and O–H groups in total. The number of likely N-dealkylation sites (N-methyl/N-ethyl adjacent to an activating group) is 1. The van der Waals surface area contributed by atoms with Crippen molar-refractivity contribution >= 4 is 29.5 Å². The molecule has 2 saturated heterocycles. The van der Waals surface area contributed by atoms with Gasteiger partial charge in [-0.2, -0.15) is 0 Å². The molecule has 33 heavy (non-hydrogen) atoms. The number of fused-ring (bicyclic) bond motifs is 2. The number of likely N-dealkylation sites (tertiary alicyclic amines) is 1. The fraction of sp³-hybridized carbons (Fsp3) is 0.625. The first-order chi connectivity index (χ1) is 15.2. The molecule has 9 nitrogen and oxygen atoms in total. The summed E-state index contributed by atoms with van der Waals surface area (Å²) in [6, 6.07) is 7.11. The van der Waals surface area contributed by atoms with Crippen LogP contribution in [0.25, 0.3) is 0 Å². The first kappa shape index (κ1) is 24.8. The molecule has 2 bridgehead atoms. The topological polar surface area (TPSA) is 95.5 Å². The van der Waals surface area contributed by atoms with Gasteiger partial charge in [0.05, 0.1) is 0 Å². The number of aliphatic imine (C=N–C) groups is 1. The van der Waals surface area contributed by atoms with Crippen molar-refractivity contribution in [1.29, 1.82) is 0 Å². The van der Waals surface area contributed by atoms with E-state index in [-0.39, 0.29) is 5.96 Å². The molecule has 0 aromatic heterocycles. The number of piperazine rings is 1. The summed E-state index contributed by atoms with van der Waals surface area (Å²) in [5.74, 6) is -0.0625. The van der Waals surface area contributed by atoms with Crippen LogP contribution in [0.5, 0.6) is 0 Å². The Hall–Kier alpha value is -2.81. The van der Waals surface area contributed by atoms with Crippen LogP contribution in [0, 0.1) is 6.92 Å². The van der Waals surface area contributed by atoms with Crippen LogP contribution in [0.4, 0.5) is 21.0 Å². The SMILES string of the molecule is Cc1cc(N/C(=N/C(=O)OC(C)(C)C)NC(=O)OC(C)(C)C)ccc1N1CC2CC1CN2C. The van der Waals surface area contributed by atoms with Crippen LogP contribution in [0.1, 0.15) is 53.5 Å². The van der Waals surface area contributed by atoms with Crippen LogP contribution in [-0.4, -0.2) is 66.5 Å². The largest absolute Gasteiger partial charge is 0.444 e. The summed E-state index contributed by atoms with van der Waals surface area (Å²) in [4.78, 5) is 33.4. The van der Waals surface area contributed by atoms with Crippen molar-refractivity contribution in [2.45, 2.75) is 78.2 Å². The van der Waals surface area contributed by atoms with E-state index in [0.29, 0.717) is 17.8 Å². The molecular formula is C24H37N5O4. The lowest BCUT2D eigenvalue weighted by Gasteiger charge is -2.34. The Morgan fingerprint density at radius 2 is 1.70 bits per heavy atom. The van der Waals surface area contributed by atoms with Gasteiger partial charge in [-0.15, -0.1) is 4.99 Å². The average Bonchev–Trinajstić information content (AvgIpc) is 3.17. The number of guanidine groups is 1. The van der Waals surface area contributed by atoms with E-state index in [1.54, 1.807) is 41.5 Å². The summed E-state index contributed by atoms with van der Waals surface area (Å²) in [5, 5.41) is 5.54. The summed E-state index contributed by atoms with van der Waals surface area (Å²) >= 11 is 0. The number of amides is 2. The zero-order chi connectivity index (χ0) is 24.6. The number of rotatable bonds is 2. The second kappa shape index (κ2) is 9.21. The normalized spacial score (nSPS) is 21.2. The molecule has 1 aromatic rings. The van der Waals surface area contributed by atoms with E-state index in [2.05, 4.69) is 45.5 Å². The lowest BCUT2D eigenvalue weighted by molar-refractivity contribution is 0.0562. The van der Waals surface area contributed by atoms with E-state index < -0.39 is 23.4 Å². The molecule has 0 saturated carbocycles. The molecule has 2 atom stereocenters. The van der Waals surface area contributed by atoms with E-state index >= 15 is 0 Å². The number of carbonyl (C=O) groups is 2. The standard InChI is InChI=1S/C24H37N5O4/c1-15-11-16(9-10-19(15)29-14-17-12-18(29)13-28(17)8)25-20(26-21(30)32-23(2,3)4)27-22(31)33-24(5,6)7/h9-11,17-18H,12-14H2,1-8H3,(H2,25,26,27,30,31). The van der Waals surface area contributed by atoms with Gasteiger partial charge in [-0.25, -0.2) is 9.59 Å². The van der Waals surface area contributed by atoms with Crippen molar-refractivity contribution in [3.8, 4) is 0 Å². The van der Waals surface area contributed by atoms with Gasteiger partial charge in [0.2, 0.25) is 5.96 Å². The number of hydrogen-bond acceptors (Lipinski definition) is 6. The van der Waals surface area contributed by atoms with Gasteiger partial charge in [0.15, 0.2) is 0 Å². The smallest absolute Gasteiger partial charge is 0.437 e. The van der Waals surface area contributed by atoms with E-state index in [9.17, 15) is 9.59 Å². The van der Waals surface area contributed by atoms with Gasteiger partial charge in [0, 0.05) is 36.5 Å². The molecule has 0 spiro atoms. The number of aryl methyl sites for hydroxylation is 1. The number of anilines is 2. The van der Waals surface area contributed by atoms with Gasteiger partial charge >= 0.3 is 12.2 Å². The van der Waals surface area contributed by atoms with Crippen LogP contribution in [-0.2, 0) is 9.47 Å². The predicted octanol–water partition coefficient (Wildman–Crippen LogP) is 4.12. The number of benzene rings is 1. The van der Waals surface area contributed by atoms with Crippen molar-refractivity contribution in [2.24, 2.45) is 4.99 Å². The third-order valence-electron chi connectivity index (χ3n) is 5.50. The van der Waals surface area contributed by atoms with Gasteiger partial charge in [-0.05, 0) is 85.7 Å². The number of hydrogen-bond donors (Lipinski definition) is 2. The van der Waals surface area contributed by atoms with Crippen molar-refractivity contribution in [2.75, 3.05) is 30.4 Å². The molecule has 0 aliphatic carbocycles. The van der Waals surface area contributed by atoms with Crippen LogP contribution < -0.4 is 15.5 Å². The quantitative estimate of drug-likeness (QED) is 0.507. The maximum absolute atomic E-state index is 12.3. The summed E-state index contributed by atoms with van der Waals surface area (Å²) in [5.41, 5.74) is 1.59. The third-order valence-corrected chi connectivity index (χ3v) is 5.50. The van der Waals surface area contributed by atoms with E-state index in [0.717, 1.165) is 18.7 Å². The third kappa shape index (κ3) is 6.83. The van der Waals surface area contributed by atoms with Crippen LogP contribution in [0.2, 0.25) is 0 Å². The lowest BCUT2D eigenvalue weighted by atomic mass is 10.1. The number of carbonyl (C=O) groups excluding carboxylic acids is 2. The molecule has 1 aromatic carbocycles. The molecule has 2 unspecified atom stereocenters. The maximum Gasteiger partial charge on any atom is 0.437 e. The van der Waals surface area contributed by atoms with Crippen molar-refractivity contribution in [3.05, 3.63) is 23.8 Å². The highest BCUT2D eigenvalue weighted by Gasteiger charge is 2.41. The fourth-order valence-electron chi connectivity index (χ4n) is 4.22. The van der Waals surface area contributed by atoms with Crippen LogP contribution >= 0.6 is 0 Å². The van der Waals surface area contributed by atoms with Gasteiger partial charge in [-0.1, -0.05) is 0 Å². The summed E-state index contributed by atoms with van der Waals surface area (Å²) in [7, 11) is 2.19. The minimum Gasteiger partial charge on any atom is -0.444 e. The lowest BCUT2D eigenvalue weighted by Crippen LogP contribution is -2.44. The zero-order valence-corrected chi connectivity index (χ0v) is 21.0. The Balaban J connectivity index is 1.76. The first-order valence-electron chi connectivity index (χ1n) is 11.4. The summed E-state index contributed by atoms with van der Waals surface area (Å²) in [6.45, 7) is 14.7. The highest BCUT2D eigenvalue weighted by molar-refractivity contribution is 6.06. The molecule has 2 aliphatic rings. The number of ether oxygens (including phenoxy) is 2. The van der Waals surface area contributed by atoms with Gasteiger partial charge < -0.3 is 19.7 Å². The highest BCUT2D eigenvalue weighted by Crippen LogP contribution is 2.36. The Morgan fingerprint density at radius 1 is 1.03 bits per heavy atom. The summed E-state index contributed by atoms with van der Waals surface area (Å²) < 4.78 is 10.6. The Morgan fingerprint density at radius 3 is 2.21 bits per heavy atom. The second-order valence-electron chi connectivity index (χ2n) is 10.8. The Bertz CT molecular complexity index is 930. The average molecular weight is 460 g/mol. The highest BCUT2D eigenvalue weighted by atomic mass is 16.6. The number of alkyl carbamates (subject to hydrolysis) is 1. The molecule has 2 amide bonds. The number of nitrogens with zero attached hydrogens (tertiary/aromatic N) is 3. The summed E-state index contributed by atoms with van der Waals surface area (Å²) in [6.07, 6.45) is -0.336. The monoisotopic (exact) mass is 459 g/mol. The van der Waals surface area contributed by atoms with Gasteiger partial charge in [0.1, 0.15) is 11.2 Å². The van der Waals surface area contributed by atoms with E-state index in [4.69, 9.17) is 9.47 Å².